The van der Waals surface area contributed by atoms with Crippen molar-refractivity contribution in [1.29, 1.82) is 0 Å². The van der Waals surface area contributed by atoms with Crippen LogP contribution in [-0.2, 0) is 4.79 Å². The van der Waals surface area contributed by atoms with Gasteiger partial charge in [0.05, 0.1) is 16.5 Å². The van der Waals surface area contributed by atoms with Gasteiger partial charge in [-0.05, 0) is 30.9 Å². The number of fused-ring (bicyclic) bond motifs is 2. The summed E-state index contributed by atoms with van der Waals surface area (Å²) in [5, 5.41) is 9.66. The number of likely N-dealkylation sites (tertiary alicyclic amines) is 1. The van der Waals surface area contributed by atoms with E-state index in [-0.39, 0.29) is 11.8 Å². The summed E-state index contributed by atoms with van der Waals surface area (Å²) in [5.74, 6) is -0.857. The number of aromatic nitrogens is 2. The standard InChI is InChI=1S/C17H17N3O3/c21-15(12-4-1-5-13-14(12)19-8-7-18-13)20-9-11-3-2-6-17(11,10-20)16(22)23/h1,4-5,7-8,11H,2-3,6,9-10H2,(H,22,23)/t11-,17+/m0/s1. The van der Waals surface area contributed by atoms with Gasteiger partial charge in [-0.1, -0.05) is 12.5 Å². The summed E-state index contributed by atoms with van der Waals surface area (Å²) >= 11 is 0. The Bertz CT molecular complexity index is 801. The number of para-hydroxylation sites is 1. The molecule has 6 heteroatoms. The van der Waals surface area contributed by atoms with Gasteiger partial charge in [-0.15, -0.1) is 0 Å². The van der Waals surface area contributed by atoms with Crippen LogP contribution < -0.4 is 0 Å². The van der Waals surface area contributed by atoms with Gasteiger partial charge < -0.3 is 10.0 Å². The highest BCUT2D eigenvalue weighted by atomic mass is 16.4. The minimum atomic E-state index is -0.770. The van der Waals surface area contributed by atoms with Crippen molar-refractivity contribution in [3.8, 4) is 0 Å². The number of benzene rings is 1. The fraction of sp³-hybridized carbons (Fsp3) is 0.412. The highest BCUT2D eigenvalue weighted by Gasteiger charge is 2.55. The van der Waals surface area contributed by atoms with Crippen LogP contribution in [0, 0.1) is 11.3 Å². The van der Waals surface area contributed by atoms with Crippen LogP contribution in [0.15, 0.2) is 30.6 Å². The molecule has 6 nitrogen and oxygen atoms in total. The molecular formula is C17H17N3O3. The molecule has 1 aromatic heterocycles. The molecule has 118 valence electrons. The van der Waals surface area contributed by atoms with Gasteiger partial charge in [-0.2, -0.15) is 0 Å². The molecule has 0 bridgehead atoms. The molecule has 1 saturated carbocycles. The van der Waals surface area contributed by atoms with E-state index in [4.69, 9.17) is 0 Å². The molecule has 0 unspecified atom stereocenters. The van der Waals surface area contributed by atoms with Crippen molar-refractivity contribution in [2.75, 3.05) is 13.1 Å². The van der Waals surface area contributed by atoms with Crippen LogP contribution in [0.3, 0.4) is 0 Å². The lowest BCUT2D eigenvalue weighted by Crippen LogP contribution is -2.37. The van der Waals surface area contributed by atoms with Crippen molar-refractivity contribution in [2.24, 2.45) is 11.3 Å². The highest BCUT2D eigenvalue weighted by Crippen LogP contribution is 2.49. The fourth-order valence-electron chi connectivity index (χ4n) is 4.13. The van der Waals surface area contributed by atoms with Crippen LogP contribution in [-0.4, -0.2) is 44.9 Å². The quantitative estimate of drug-likeness (QED) is 0.916. The van der Waals surface area contributed by atoms with Gasteiger partial charge in [-0.3, -0.25) is 19.6 Å². The lowest BCUT2D eigenvalue weighted by molar-refractivity contribution is -0.149. The number of nitrogens with zero attached hydrogens (tertiary/aromatic N) is 3. The molecule has 1 N–H and O–H groups in total. The summed E-state index contributed by atoms with van der Waals surface area (Å²) in [4.78, 5) is 34.9. The average molecular weight is 311 g/mol. The maximum absolute atomic E-state index is 12.9. The van der Waals surface area contributed by atoms with E-state index >= 15 is 0 Å². The van der Waals surface area contributed by atoms with Crippen LogP contribution in [0.25, 0.3) is 11.0 Å². The Hall–Kier alpha value is -2.50. The van der Waals surface area contributed by atoms with Crippen LogP contribution in [0.5, 0.6) is 0 Å². The van der Waals surface area contributed by atoms with E-state index in [1.807, 2.05) is 6.07 Å². The van der Waals surface area contributed by atoms with E-state index in [0.29, 0.717) is 36.1 Å². The molecule has 1 amide bonds. The number of rotatable bonds is 2. The maximum atomic E-state index is 12.9. The van der Waals surface area contributed by atoms with Crippen molar-refractivity contribution in [1.82, 2.24) is 14.9 Å². The average Bonchev–Trinajstić information content (AvgIpc) is 3.12. The van der Waals surface area contributed by atoms with Gasteiger partial charge in [0.15, 0.2) is 0 Å². The normalized spacial score (nSPS) is 26.4. The Kier molecular flexibility index (Phi) is 3.07. The SMILES string of the molecule is O=C(c1cccc2nccnc12)N1C[C@@H]2CCC[C@@]2(C(=O)O)C1. The summed E-state index contributed by atoms with van der Waals surface area (Å²) in [6.07, 6.45) is 5.63. The van der Waals surface area contributed by atoms with E-state index in [9.17, 15) is 14.7 Å². The number of carbonyl (C=O) groups is 2. The monoisotopic (exact) mass is 311 g/mol. The van der Waals surface area contributed by atoms with Gasteiger partial charge in [0.2, 0.25) is 0 Å². The first kappa shape index (κ1) is 14.1. The lowest BCUT2D eigenvalue weighted by atomic mass is 9.81. The third kappa shape index (κ3) is 2.01. The van der Waals surface area contributed by atoms with Crippen LogP contribution >= 0.6 is 0 Å². The molecule has 1 aliphatic heterocycles. The lowest BCUT2D eigenvalue weighted by Gasteiger charge is -2.23. The largest absolute Gasteiger partial charge is 0.481 e. The van der Waals surface area contributed by atoms with Crippen molar-refractivity contribution >= 4 is 22.9 Å². The number of amides is 1. The van der Waals surface area contributed by atoms with Crippen LogP contribution in [0.2, 0.25) is 0 Å². The summed E-state index contributed by atoms with van der Waals surface area (Å²) < 4.78 is 0. The molecule has 23 heavy (non-hydrogen) atoms. The summed E-state index contributed by atoms with van der Waals surface area (Å²) in [5.41, 5.74) is 0.981. The zero-order valence-electron chi connectivity index (χ0n) is 12.6. The van der Waals surface area contributed by atoms with E-state index in [1.165, 1.54) is 0 Å². The van der Waals surface area contributed by atoms with Crippen molar-refractivity contribution in [3.63, 3.8) is 0 Å². The summed E-state index contributed by atoms with van der Waals surface area (Å²) in [6, 6.07) is 5.34. The summed E-state index contributed by atoms with van der Waals surface area (Å²) in [7, 11) is 0. The molecular weight excluding hydrogens is 294 g/mol. The van der Waals surface area contributed by atoms with E-state index < -0.39 is 11.4 Å². The number of hydrogen-bond donors (Lipinski definition) is 1. The first-order valence-corrected chi connectivity index (χ1v) is 7.84. The van der Waals surface area contributed by atoms with E-state index in [2.05, 4.69) is 9.97 Å². The second kappa shape index (κ2) is 5.01. The number of hydrogen-bond acceptors (Lipinski definition) is 4. The van der Waals surface area contributed by atoms with Gasteiger partial charge >= 0.3 is 5.97 Å². The van der Waals surface area contributed by atoms with Gasteiger partial charge in [0.25, 0.3) is 5.91 Å². The first-order valence-electron chi connectivity index (χ1n) is 7.84. The van der Waals surface area contributed by atoms with Crippen molar-refractivity contribution in [3.05, 3.63) is 36.2 Å². The van der Waals surface area contributed by atoms with Crippen LogP contribution in [0.4, 0.5) is 0 Å². The Labute approximate surface area is 133 Å². The van der Waals surface area contributed by atoms with E-state index in [1.54, 1.807) is 29.4 Å². The fourth-order valence-corrected chi connectivity index (χ4v) is 4.13. The third-order valence-electron chi connectivity index (χ3n) is 5.31. The molecule has 2 fully saturated rings. The molecule has 0 radical (unpaired) electrons. The zero-order valence-corrected chi connectivity index (χ0v) is 12.6. The molecule has 4 rings (SSSR count). The molecule has 2 aliphatic rings. The minimum Gasteiger partial charge on any atom is -0.481 e. The minimum absolute atomic E-state index is 0.0602. The number of carboxylic acids is 1. The van der Waals surface area contributed by atoms with E-state index in [0.717, 1.165) is 12.8 Å². The first-order chi connectivity index (χ1) is 11.1. The van der Waals surface area contributed by atoms with Gasteiger partial charge in [0.1, 0.15) is 5.52 Å². The van der Waals surface area contributed by atoms with Gasteiger partial charge in [0, 0.05) is 25.5 Å². The predicted molar refractivity (Wildman–Crippen MR) is 82.9 cm³/mol. The highest BCUT2D eigenvalue weighted by molar-refractivity contribution is 6.05. The molecule has 1 aliphatic carbocycles. The Morgan fingerprint density at radius 1 is 1.26 bits per heavy atom. The Morgan fingerprint density at radius 2 is 2.09 bits per heavy atom. The smallest absolute Gasteiger partial charge is 0.311 e. The number of carboxylic acid groups (broad SMARTS) is 1. The molecule has 2 aromatic rings. The Morgan fingerprint density at radius 3 is 2.87 bits per heavy atom. The number of aliphatic carboxylic acids is 1. The molecule has 0 spiro atoms. The molecule has 1 aromatic carbocycles. The second-order valence-electron chi connectivity index (χ2n) is 6.47. The van der Waals surface area contributed by atoms with Crippen molar-refractivity contribution < 1.29 is 14.7 Å². The molecule has 2 heterocycles. The number of carbonyl (C=O) groups excluding carboxylic acids is 1. The third-order valence-corrected chi connectivity index (χ3v) is 5.31. The predicted octanol–water partition coefficient (Wildman–Crippen LogP) is 1.96. The molecule has 1 saturated heterocycles. The maximum Gasteiger partial charge on any atom is 0.311 e. The van der Waals surface area contributed by atoms with Crippen LogP contribution in [0.1, 0.15) is 29.6 Å². The van der Waals surface area contributed by atoms with Gasteiger partial charge in [-0.25, -0.2) is 0 Å². The Balaban J connectivity index is 1.69. The zero-order chi connectivity index (χ0) is 16.0. The molecule has 2 atom stereocenters. The topological polar surface area (TPSA) is 83.4 Å². The summed E-state index contributed by atoms with van der Waals surface area (Å²) in [6.45, 7) is 0.810. The second-order valence-corrected chi connectivity index (χ2v) is 6.47. The van der Waals surface area contributed by atoms with Crippen molar-refractivity contribution in [2.45, 2.75) is 19.3 Å².